The number of aromatic amines is 2. The normalized spacial score (nSPS) is 14.3. The summed E-state index contributed by atoms with van der Waals surface area (Å²) in [6.45, 7) is 21.0. The van der Waals surface area contributed by atoms with Gasteiger partial charge in [-0.2, -0.15) is 5.10 Å². The first kappa shape index (κ1) is 30.8. The fourth-order valence-corrected chi connectivity index (χ4v) is 5.24. The smallest absolute Gasteiger partial charge is 0.161 e. The first-order valence-corrected chi connectivity index (χ1v) is 15.1. The Labute approximate surface area is 250 Å². The number of anilines is 1. The van der Waals surface area contributed by atoms with E-state index in [0.29, 0.717) is 11.5 Å². The van der Waals surface area contributed by atoms with E-state index in [2.05, 4.69) is 89.0 Å². The average Bonchev–Trinajstić information content (AvgIpc) is 3.57. The Kier molecular flexibility index (Phi) is 9.99. The minimum absolute atomic E-state index is 0.153. The molecule has 4 aromatic heterocycles. The van der Waals surface area contributed by atoms with Crippen LogP contribution >= 0.6 is 0 Å². The van der Waals surface area contributed by atoms with Crippen molar-refractivity contribution in [1.29, 1.82) is 0 Å². The lowest BCUT2D eigenvalue weighted by atomic mass is 9.91. The summed E-state index contributed by atoms with van der Waals surface area (Å²) in [7, 11) is 0. The molecule has 8 heteroatoms. The number of likely N-dealkylation sites (tertiary alicyclic amines) is 1. The number of imidazole rings is 1. The van der Waals surface area contributed by atoms with Gasteiger partial charge in [-0.05, 0) is 69.2 Å². The molecular formula is C34H46N8. The van der Waals surface area contributed by atoms with Gasteiger partial charge in [0, 0.05) is 36.2 Å². The van der Waals surface area contributed by atoms with Gasteiger partial charge in [0.1, 0.15) is 11.2 Å². The van der Waals surface area contributed by atoms with Gasteiger partial charge in [-0.15, -0.1) is 0 Å². The van der Waals surface area contributed by atoms with Crippen LogP contribution in [0.5, 0.6) is 0 Å². The summed E-state index contributed by atoms with van der Waals surface area (Å²) in [4.78, 5) is 20.5. The summed E-state index contributed by atoms with van der Waals surface area (Å²) in [5.74, 6) is 0.707. The van der Waals surface area contributed by atoms with Crippen LogP contribution < -0.4 is 5.32 Å². The third kappa shape index (κ3) is 7.35. The van der Waals surface area contributed by atoms with Crippen molar-refractivity contribution in [2.24, 2.45) is 5.41 Å². The molecule has 1 saturated heterocycles. The van der Waals surface area contributed by atoms with Crippen LogP contribution in [0, 0.1) is 12.3 Å². The van der Waals surface area contributed by atoms with E-state index in [1.54, 1.807) is 0 Å². The first-order valence-electron chi connectivity index (χ1n) is 15.1. The van der Waals surface area contributed by atoms with E-state index < -0.39 is 0 Å². The highest BCUT2D eigenvalue weighted by atomic mass is 15.2. The Bertz CT molecular complexity index is 1560. The van der Waals surface area contributed by atoms with Gasteiger partial charge in [-0.25, -0.2) is 9.97 Å². The van der Waals surface area contributed by atoms with Gasteiger partial charge in [0.2, 0.25) is 0 Å². The zero-order valence-corrected chi connectivity index (χ0v) is 26.3. The second-order valence-electron chi connectivity index (χ2n) is 11.8. The van der Waals surface area contributed by atoms with Gasteiger partial charge in [0.15, 0.2) is 11.5 Å². The van der Waals surface area contributed by atoms with E-state index in [1.165, 1.54) is 19.3 Å². The van der Waals surface area contributed by atoms with Crippen LogP contribution in [-0.4, -0.2) is 48.1 Å². The van der Waals surface area contributed by atoms with E-state index in [4.69, 9.17) is 9.97 Å². The van der Waals surface area contributed by atoms with E-state index in [-0.39, 0.29) is 5.41 Å². The van der Waals surface area contributed by atoms with Gasteiger partial charge in [-0.1, -0.05) is 53.3 Å². The monoisotopic (exact) mass is 566 g/mol. The molecule has 1 fully saturated rings. The average molecular weight is 567 g/mol. The van der Waals surface area contributed by atoms with Crippen LogP contribution in [0.2, 0.25) is 0 Å². The van der Waals surface area contributed by atoms with Crippen molar-refractivity contribution in [2.45, 2.75) is 74.1 Å². The van der Waals surface area contributed by atoms with Crippen LogP contribution in [-0.2, 0) is 0 Å². The highest BCUT2D eigenvalue weighted by molar-refractivity contribution is 5.89. The molecule has 42 heavy (non-hydrogen) atoms. The third-order valence-corrected chi connectivity index (χ3v) is 7.00. The van der Waals surface area contributed by atoms with Crippen molar-refractivity contribution < 1.29 is 0 Å². The van der Waals surface area contributed by atoms with Crippen molar-refractivity contribution in [3.05, 3.63) is 72.5 Å². The first-order chi connectivity index (χ1) is 20.2. The highest BCUT2D eigenvalue weighted by Gasteiger charge is 2.22. The predicted octanol–water partition coefficient (Wildman–Crippen LogP) is 8.51. The number of H-pyrrole nitrogens is 2. The van der Waals surface area contributed by atoms with Crippen molar-refractivity contribution in [1.82, 2.24) is 35.0 Å². The van der Waals surface area contributed by atoms with Crippen LogP contribution in [0.4, 0.5) is 5.69 Å². The zero-order chi connectivity index (χ0) is 30.3. The summed E-state index contributed by atoms with van der Waals surface area (Å²) >= 11 is 0. The van der Waals surface area contributed by atoms with Crippen molar-refractivity contribution >= 4 is 22.4 Å². The lowest BCUT2D eigenvalue weighted by Crippen LogP contribution is -2.28. The molecule has 0 spiro atoms. The third-order valence-electron chi connectivity index (χ3n) is 7.00. The Morgan fingerprint density at radius 2 is 1.86 bits per heavy atom. The van der Waals surface area contributed by atoms with Crippen LogP contribution in [0.1, 0.15) is 78.6 Å². The van der Waals surface area contributed by atoms with Crippen LogP contribution in [0.15, 0.2) is 61.1 Å². The van der Waals surface area contributed by atoms with E-state index in [0.717, 1.165) is 70.3 Å². The Balaban J connectivity index is 0.00000198. The molecule has 0 aliphatic carbocycles. The van der Waals surface area contributed by atoms with Gasteiger partial charge >= 0.3 is 0 Å². The lowest BCUT2D eigenvalue weighted by molar-refractivity contribution is 0.325. The molecule has 0 bridgehead atoms. The fourth-order valence-electron chi connectivity index (χ4n) is 5.24. The van der Waals surface area contributed by atoms with Crippen LogP contribution in [0.25, 0.3) is 39.5 Å². The Morgan fingerprint density at radius 1 is 1.10 bits per heavy atom. The molecule has 0 atom stereocenters. The quantitative estimate of drug-likeness (QED) is 0.185. The molecule has 0 aromatic carbocycles. The summed E-state index contributed by atoms with van der Waals surface area (Å²) in [5.41, 5.74) is 9.20. The van der Waals surface area contributed by atoms with Crippen molar-refractivity contribution in [2.75, 3.05) is 18.4 Å². The van der Waals surface area contributed by atoms with Crippen molar-refractivity contribution in [3.63, 3.8) is 0 Å². The Hall–Kier alpha value is -4.20. The standard InChI is InChI=1S/C32H40N8.C2H6/c1-7-8-12-27(40-15-10-9-11-16-40)28-22(3)35-31(37-28)30-29-26(38-39-30)14-13-25(36-29)23-17-24(20-33-19-23)34-21(2)18-32(4,5)6;1-2/h7-8,12-14,17,19-20,34H,2,9-11,15-16,18H2,1,3-6H3,(H,35,37)(H,38,39);1-2H3/b8-7-,27-12+;. The topological polar surface area (TPSA) is 98.4 Å². The summed E-state index contributed by atoms with van der Waals surface area (Å²) in [6, 6.07) is 6.05. The maximum absolute atomic E-state index is 5.06. The minimum Gasteiger partial charge on any atom is -0.370 e. The molecule has 1 aliphatic rings. The SMILES string of the molecule is C=C(CC(C)(C)C)Nc1cncc(-c2ccc3[nH]nc(-c4nc(/C(=C\C=C/C)N5CCCCC5)c(C)[nH]4)c3n2)c1.CC. The zero-order valence-electron chi connectivity index (χ0n) is 26.3. The fraction of sp³-hybridized carbons (Fsp3) is 0.412. The van der Waals surface area contributed by atoms with E-state index >= 15 is 0 Å². The lowest BCUT2D eigenvalue weighted by Gasteiger charge is -2.30. The largest absolute Gasteiger partial charge is 0.370 e. The number of nitrogens with zero attached hydrogens (tertiary/aromatic N) is 5. The maximum atomic E-state index is 5.06. The maximum Gasteiger partial charge on any atom is 0.161 e. The summed E-state index contributed by atoms with van der Waals surface area (Å²) < 4.78 is 0. The van der Waals surface area contributed by atoms with E-state index in [1.807, 2.05) is 45.3 Å². The number of aromatic nitrogens is 6. The van der Waals surface area contributed by atoms with Gasteiger partial charge in [0.25, 0.3) is 0 Å². The van der Waals surface area contributed by atoms with E-state index in [9.17, 15) is 0 Å². The molecule has 0 amide bonds. The molecular weight excluding hydrogens is 520 g/mol. The van der Waals surface area contributed by atoms with Gasteiger partial charge in [0.05, 0.1) is 28.8 Å². The number of allylic oxidation sites excluding steroid dienone is 4. The molecule has 0 radical (unpaired) electrons. The van der Waals surface area contributed by atoms with Crippen LogP contribution in [0.3, 0.4) is 0 Å². The highest BCUT2D eigenvalue weighted by Crippen LogP contribution is 2.31. The van der Waals surface area contributed by atoms with Gasteiger partial charge in [-0.3, -0.25) is 10.1 Å². The molecule has 3 N–H and O–H groups in total. The van der Waals surface area contributed by atoms with Gasteiger partial charge < -0.3 is 15.2 Å². The molecule has 4 aromatic rings. The minimum atomic E-state index is 0.153. The second kappa shape index (κ2) is 13.6. The number of hydrogen-bond donors (Lipinski definition) is 3. The number of rotatable bonds is 8. The Morgan fingerprint density at radius 3 is 2.57 bits per heavy atom. The van der Waals surface area contributed by atoms with Crippen molar-refractivity contribution in [3.8, 4) is 22.8 Å². The molecule has 1 aliphatic heterocycles. The molecule has 222 valence electrons. The predicted molar refractivity (Wildman–Crippen MR) is 176 cm³/mol. The number of pyridine rings is 2. The summed E-state index contributed by atoms with van der Waals surface area (Å²) in [6.07, 6.45) is 14.5. The number of nitrogens with one attached hydrogen (secondary N) is 3. The molecule has 5 rings (SSSR count). The molecule has 8 nitrogen and oxygen atoms in total. The molecule has 0 saturated carbocycles. The molecule has 5 heterocycles. The molecule has 0 unspecified atom stereocenters. The summed E-state index contributed by atoms with van der Waals surface area (Å²) in [5, 5.41) is 11.2. The number of aryl methyl sites for hydroxylation is 1. The number of piperidine rings is 1. The second-order valence-corrected chi connectivity index (χ2v) is 11.8. The number of fused-ring (bicyclic) bond motifs is 1. The number of hydrogen-bond acceptors (Lipinski definition) is 6.